The first-order chi connectivity index (χ1) is 15.2. The van der Waals surface area contributed by atoms with Crippen molar-refractivity contribution in [2.45, 2.75) is 39.2 Å². The molecule has 3 aromatic carbocycles. The van der Waals surface area contributed by atoms with Gasteiger partial charge in [-0.3, -0.25) is 9.59 Å². The van der Waals surface area contributed by atoms with Gasteiger partial charge in [-0.1, -0.05) is 87.5 Å². The first-order valence-electron chi connectivity index (χ1n) is 10.8. The van der Waals surface area contributed by atoms with E-state index in [-0.39, 0.29) is 23.3 Å². The molecule has 2 amide bonds. The molecule has 0 unspecified atom stereocenters. The van der Waals surface area contributed by atoms with Crippen LogP contribution >= 0.6 is 0 Å². The van der Waals surface area contributed by atoms with E-state index in [1.165, 1.54) is 11.6 Å². The van der Waals surface area contributed by atoms with Gasteiger partial charge in [0.05, 0.1) is 17.3 Å². The van der Waals surface area contributed by atoms with E-state index in [0.717, 1.165) is 11.1 Å². The molecule has 3 aromatic rings. The van der Waals surface area contributed by atoms with E-state index in [4.69, 9.17) is 0 Å². The molecule has 0 heterocycles. The van der Waals surface area contributed by atoms with E-state index < -0.39 is 0 Å². The number of hydrogen-bond donors (Lipinski definition) is 2. The predicted molar refractivity (Wildman–Crippen MR) is 132 cm³/mol. The van der Waals surface area contributed by atoms with Crippen LogP contribution in [0.5, 0.6) is 0 Å². The Kier molecular flexibility index (Phi) is 7.26. The molecule has 1 atom stereocenters. The highest BCUT2D eigenvalue weighted by Gasteiger charge is 2.15. The maximum absolute atomic E-state index is 12.8. The SMILES string of the molecule is C[C@H](NC(=O)c1ccccc1NC(=O)/C=C/c1ccc(C(C)(C)C)cc1)c1ccccc1. The van der Waals surface area contributed by atoms with Crippen molar-refractivity contribution >= 4 is 23.6 Å². The molecule has 0 fully saturated rings. The van der Waals surface area contributed by atoms with E-state index in [1.54, 1.807) is 30.3 Å². The summed E-state index contributed by atoms with van der Waals surface area (Å²) < 4.78 is 0. The van der Waals surface area contributed by atoms with Crippen LogP contribution in [-0.2, 0) is 10.2 Å². The molecule has 4 nitrogen and oxygen atoms in total. The highest BCUT2D eigenvalue weighted by molar-refractivity contribution is 6.07. The van der Waals surface area contributed by atoms with Crippen LogP contribution in [0.1, 0.15) is 60.8 Å². The summed E-state index contributed by atoms with van der Waals surface area (Å²) in [4.78, 5) is 25.3. The summed E-state index contributed by atoms with van der Waals surface area (Å²) in [6.07, 6.45) is 3.25. The van der Waals surface area contributed by atoms with E-state index in [2.05, 4.69) is 43.5 Å². The van der Waals surface area contributed by atoms with E-state index >= 15 is 0 Å². The third-order valence-corrected chi connectivity index (χ3v) is 5.28. The van der Waals surface area contributed by atoms with Crippen LogP contribution in [0.15, 0.2) is 84.9 Å². The quantitative estimate of drug-likeness (QED) is 0.466. The lowest BCUT2D eigenvalue weighted by Crippen LogP contribution is -2.27. The molecular weight excluding hydrogens is 396 g/mol. The predicted octanol–water partition coefficient (Wildman–Crippen LogP) is 6.13. The number of anilines is 1. The molecule has 0 bridgehead atoms. The van der Waals surface area contributed by atoms with Gasteiger partial charge in [0.25, 0.3) is 5.91 Å². The minimum absolute atomic E-state index is 0.0852. The molecule has 0 spiro atoms. The van der Waals surface area contributed by atoms with Gasteiger partial charge >= 0.3 is 0 Å². The second-order valence-electron chi connectivity index (χ2n) is 8.85. The summed E-state index contributed by atoms with van der Waals surface area (Å²) in [6, 6.07) is 24.8. The number of carbonyl (C=O) groups is 2. The minimum Gasteiger partial charge on any atom is -0.345 e. The van der Waals surface area contributed by atoms with Crippen molar-refractivity contribution in [3.8, 4) is 0 Å². The molecule has 3 rings (SSSR count). The second kappa shape index (κ2) is 10.1. The zero-order valence-corrected chi connectivity index (χ0v) is 19.1. The van der Waals surface area contributed by atoms with Gasteiger partial charge in [-0.2, -0.15) is 0 Å². The van der Waals surface area contributed by atoms with Crippen LogP contribution < -0.4 is 10.6 Å². The normalized spacial score (nSPS) is 12.4. The number of rotatable bonds is 6. The number of carbonyl (C=O) groups excluding carboxylic acids is 2. The van der Waals surface area contributed by atoms with Crippen molar-refractivity contribution in [3.05, 3.63) is 107 Å². The smallest absolute Gasteiger partial charge is 0.253 e. The van der Waals surface area contributed by atoms with Gasteiger partial charge in [0.15, 0.2) is 0 Å². The van der Waals surface area contributed by atoms with Crippen molar-refractivity contribution in [1.82, 2.24) is 5.32 Å². The van der Waals surface area contributed by atoms with Gasteiger partial charge in [-0.05, 0) is 47.2 Å². The van der Waals surface area contributed by atoms with Crippen LogP contribution in [0.3, 0.4) is 0 Å². The van der Waals surface area contributed by atoms with Crippen molar-refractivity contribution < 1.29 is 9.59 Å². The molecule has 0 saturated heterocycles. The van der Waals surface area contributed by atoms with Crippen LogP contribution in [0, 0.1) is 0 Å². The number of nitrogens with one attached hydrogen (secondary N) is 2. The average molecular weight is 427 g/mol. The highest BCUT2D eigenvalue weighted by Crippen LogP contribution is 2.22. The molecule has 0 saturated carbocycles. The molecule has 0 aliphatic heterocycles. The Morgan fingerprint density at radius 2 is 1.47 bits per heavy atom. The van der Waals surface area contributed by atoms with Crippen molar-refractivity contribution in [2.75, 3.05) is 5.32 Å². The van der Waals surface area contributed by atoms with Gasteiger partial charge in [0.2, 0.25) is 5.91 Å². The summed E-state index contributed by atoms with van der Waals surface area (Å²) in [5, 5.41) is 5.82. The third kappa shape index (κ3) is 6.17. The van der Waals surface area contributed by atoms with E-state index in [1.807, 2.05) is 49.4 Å². The fourth-order valence-corrected chi connectivity index (χ4v) is 3.33. The number of benzene rings is 3. The third-order valence-electron chi connectivity index (χ3n) is 5.28. The van der Waals surface area contributed by atoms with Crippen molar-refractivity contribution in [1.29, 1.82) is 0 Å². The van der Waals surface area contributed by atoms with Crippen LogP contribution in [0.2, 0.25) is 0 Å². The fraction of sp³-hybridized carbons (Fsp3) is 0.214. The number of para-hydroxylation sites is 1. The fourth-order valence-electron chi connectivity index (χ4n) is 3.33. The maximum atomic E-state index is 12.8. The highest BCUT2D eigenvalue weighted by atomic mass is 16.2. The van der Waals surface area contributed by atoms with Crippen LogP contribution in [-0.4, -0.2) is 11.8 Å². The Hall–Kier alpha value is -3.66. The number of hydrogen-bond acceptors (Lipinski definition) is 2. The van der Waals surface area contributed by atoms with Crippen molar-refractivity contribution in [3.63, 3.8) is 0 Å². The second-order valence-corrected chi connectivity index (χ2v) is 8.85. The number of amides is 2. The Morgan fingerprint density at radius 3 is 2.12 bits per heavy atom. The van der Waals surface area contributed by atoms with E-state index in [9.17, 15) is 9.59 Å². The first kappa shape index (κ1) is 23.0. The molecule has 2 N–H and O–H groups in total. The van der Waals surface area contributed by atoms with Gasteiger partial charge in [0, 0.05) is 6.08 Å². The monoisotopic (exact) mass is 426 g/mol. The summed E-state index contributed by atoms with van der Waals surface area (Å²) in [5.74, 6) is -0.528. The van der Waals surface area contributed by atoms with Crippen molar-refractivity contribution in [2.24, 2.45) is 0 Å². The standard InChI is InChI=1S/C28H30N2O2/c1-20(22-10-6-5-7-11-22)29-27(32)24-12-8-9-13-25(24)30-26(31)19-16-21-14-17-23(18-15-21)28(2,3)4/h5-20H,1-4H3,(H,29,32)(H,30,31)/b19-16+/t20-/m0/s1. The summed E-state index contributed by atoms with van der Waals surface area (Å²) in [6.45, 7) is 8.43. The van der Waals surface area contributed by atoms with E-state index in [0.29, 0.717) is 11.3 Å². The molecule has 0 radical (unpaired) electrons. The maximum Gasteiger partial charge on any atom is 0.253 e. The van der Waals surface area contributed by atoms with Gasteiger partial charge in [-0.15, -0.1) is 0 Å². The summed E-state index contributed by atoms with van der Waals surface area (Å²) >= 11 is 0. The van der Waals surface area contributed by atoms with Crippen LogP contribution in [0.4, 0.5) is 5.69 Å². The minimum atomic E-state index is -0.291. The summed E-state index contributed by atoms with van der Waals surface area (Å²) in [7, 11) is 0. The Morgan fingerprint density at radius 1 is 0.844 bits per heavy atom. The summed E-state index contributed by atoms with van der Waals surface area (Å²) in [5.41, 5.74) is 4.18. The molecule has 32 heavy (non-hydrogen) atoms. The largest absolute Gasteiger partial charge is 0.345 e. The first-order valence-corrected chi connectivity index (χ1v) is 10.8. The molecule has 0 aromatic heterocycles. The lowest BCUT2D eigenvalue weighted by molar-refractivity contribution is -0.111. The Labute approximate surface area is 190 Å². The Balaban J connectivity index is 1.67. The molecule has 164 valence electrons. The lowest BCUT2D eigenvalue weighted by Gasteiger charge is -2.18. The van der Waals surface area contributed by atoms with Gasteiger partial charge in [0.1, 0.15) is 0 Å². The van der Waals surface area contributed by atoms with Gasteiger partial charge < -0.3 is 10.6 Å². The zero-order valence-electron chi connectivity index (χ0n) is 19.1. The molecular formula is C28H30N2O2. The topological polar surface area (TPSA) is 58.2 Å². The van der Waals surface area contributed by atoms with Gasteiger partial charge in [-0.25, -0.2) is 0 Å². The lowest BCUT2D eigenvalue weighted by atomic mass is 9.87. The Bertz CT molecular complexity index is 1090. The molecule has 4 heteroatoms. The average Bonchev–Trinajstić information content (AvgIpc) is 2.78. The molecule has 0 aliphatic rings. The van der Waals surface area contributed by atoms with Crippen LogP contribution in [0.25, 0.3) is 6.08 Å². The zero-order chi connectivity index (χ0) is 23.1. The molecule has 0 aliphatic carbocycles.